The smallest absolute Gasteiger partial charge is 0.243 e. The molecule has 0 unspecified atom stereocenters. The number of guanidine groups is 1. The van der Waals surface area contributed by atoms with E-state index >= 15 is 0 Å². The van der Waals surface area contributed by atoms with E-state index in [1.165, 1.54) is 11.1 Å². The second kappa shape index (κ2) is 11.9. The van der Waals surface area contributed by atoms with Crippen molar-refractivity contribution in [3.8, 4) is 5.75 Å². The van der Waals surface area contributed by atoms with Crippen LogP contribution in [0.1, 0.15) is 31.4 Å². The molecule has 1 aromatic carbocycles. The van der Waals surface area contributed by atoms with Crippen molar-refractivity contribution in [2.75, 3.05) is 40.3 Å². The van der Waals surface area contributed by atoms with Gasteiger partial charge in [0.15, 0.2) is 5.96 Å². The summed E-state index contributed by atoms with van der Waals surface area (Å²) in [4.78, 5) is 20.2. The molecule has 28 heavy (non-hydrogen) atoms. The van der Waals surface area contributed by atoms with Crippen molar-refractivity contribution >= 4 is 35.8 Å². The van der Waals surface area contributed by atoms with E-state index in [2.05, 4.69) is 40.8 Å². The summed E-state index contributed by atoms with van der Waals surface area (Å²) in [5, 5.41) is 3.33. The van der Waals surface area contributed by atoms with Crippen LogP contribution in [0.3, 0.4) is 0 Å². The zero-order valence-corrected chi connectivity index (χ0v) is 19.8. The second-order valence-corrected chi connectivity index (χ2v) is 7.19. The van der Waals surface area contributed by atoms with E-state index in [0.717, 1.165) is 49.8 Å². The highest BCUT2D eigenvalue weighted by atomic mass is 127. The first kappa shape index (κ1) is 24.3. The molecule has 0 saturated heterocycles. The first-order valence-electron chi connectivity index (χ1n) is 9.53. The number of nitrogens with zero attached hydrogens (tertiary/aromatic N) is 3. The lowest BCUT2D eigenvalue weighted by molar-refractivity contribution is -0.127. The van der Waals surface area contributed by atoms with Crippen LogP contribution in [0.5, 0.6) is 5.75 Å². The first-order chi connectivity index (χ1) is 12.9. The van der Waals surface area contributed by atoms with Crippen LogP contribution in [0.4, 0.5) is 0 Å². The SMILES string of the molecule is C=C(C)CNC(=NCC(=O)N(C)C)N1CCc2cc(OCCC)ccc2C1.I. The number of likely N-dealkylation sites (N-methyl/N-ethyl adjacent to an activating group) is 1. The third-order valence-corrected chi connectivity index (χ3v) is 4.37. The lowest BCUT2D eigenvalue weighted by Gasteiger charge is -2.32. The Bertz CT molecular complexity index is 704. The zero-order chi connectivity index (χ0) is 19.8. The Morgan fingerprint density at radius 1 is 1.36 bits per heavy atom. The Labute approximate surface area is 186 Å². The van der Waals surface area contributed by atoms with Gasteiger partial charge < -0.3 is 19.9 Å². The average Bonchev–Trinajstić information content (AvgIpc) is 2.65. The third-order valence-electron chi connectivity index (χ3n) is 4.37. The lowest BCUT2D eigenvalue weighted by atomic mass is 9.99. The average molecular weight is 500 g/mol. The molecule has 0 aliphatic carbocycles. The van der Waals surface area contributed by atoms with Gasteiger partial charge in [-0.05, 0) is 43.0 Å². The molecule has 0 fully saturated rings. The highest BCUT2D eigenvalue weighted by Crippen LogP contribution is 2.24. The highest BCUT2D eigenvalue weighted by molar-refractivity contribution is 14.0. The van der Waals surface area contributed by atoms with E-state index in [1.807, 2.05) is 13.0 Å². The Morgan fingerprint density at radius 3 is 2.75 bits per heavy atom. The van der Waals surface area contributed by atoms with Crippen molar-refractivity contribution in [3.05, 3.63) is 41.5 Å². The van der Waals surface area contributed by atoms with E-state index in [0.29, 0.717) is 6.54 Å². The number of carbonyl (C=O) groups excluding carboxylic acids is 1. The van der Waals surface area contributed by atoms with E-state index in [1.54, 1.807) is 19.0 Å². The van der Waals surface area contributed by atoms with Crippen molar-refractivity contribution in [2.45, 2.75) is 33.2 Å². The van der Waals surface area contributed by atoms with Crippen molar-refractivity contribution < 1.29 is 9.53 Å². The third kappa shape index (κ3) is 7.33. The van der Waals surface area contributed by atoms with Crippen LogP contribution >= 0.6 is 24.0 Å². The summed E-state index contributed by atoms with van der Waals surface area (Å²) in [6.45, 7) is 11.2. The fourth-order valence-electron chi connectivity index (χ4n) is 2.80. The van der Waals surface area contributed by atoms with Crippen LogP contribution < -0.4 is 10.1 Å². The van der Waals surface area contributed by atoms with Crippen molar-refractivity contribution in [2.24, 2.45) is 4.99 Å². The number of nitrogens with one attached hydrogen (secondary N) is 1. The molecule has 156 valence electrons. The molecule has 0 atom stereocenters. The number of amides is 1. The van der Waals surface area contributed by atoms with Gasteiger partial charge in [0.2, 0.25) is 5.91 Å². The summed E-state index contributed by atoms with van der Waals surface area (Å²) in [5.41, 5.74) is 3.62. The monoisotopic (exact) mass is 500 g/mol. The maximum atomic E-state index is 11.9. The van der Waals surface area contributed by atoms with Gasteiger partial charge in [-0.3, -0.25) is 4.79 Å². The molecule has 6 nitrogen and oxygen atoms in total. The van der Waals surface area contributed by atoms with Gasteiger partial charge in [-0.25, -0.2) is 4.99 Å². The van der Waals surface area contributed by atoms with Crippen molar-refractivity contribution in [1.82, 2.24) is 15.1 Å². The molecule has 0 saturated carbocycles. The molecule has 2 rings (SSSR count). The number of halogens is 1. The fraction of sp³-hybridized carbons (Fsp3) is 0.524. The number of aliphatic imine (C=N–C) groups is 1. The summed E-state index contributed by atoms with van der Waals surface area (Å²) in [7, 11) is 3.49. The predicted octanol–water partition coefficient (Wildman–Crippen LogP) is 3.06. The quantitative estimate of drug-likeness (QED) is 0.271. The zero-order valence-electron chi connectivity index (χ0n) is 17.5. The standard InChI is InChI=1S/C21H32N4O2.HI/c1-6-11-27-19-8-7-18-15-25(10-9-17(18)12-19)21(22-13-16(2)3)23-14-20(26)24(4)5;/h7-8,12H,2,6,9-11,13-15H2,1,3-5H3,(H,22,23);1H. The topological polar surface area (TPSA) is 57.2 Å². The van der Waals surface area contributed by atoms with Crippen LogP contribution in [-0.4, -0.2) is 62.0 Å². The minimum atomic E-state index is -0.0141. The van der Waals surface area contributed by atoms with Gasteiger partial charge >= 0.3 is 0 Å². The van der Waals surface area contributed by atoms with Crippen molar-refractivity contribution in [1.29, 1.82) is 0 Å². The highest BCUT2D eigenvalue weighted by Gasteiger charge is 2.20. The molecule has 1 heterocycles. The molecule has 0 aromatic heterocycles. The number of fused-ring (bicyclic) bond motifs is 1. The number of carbonyl (C=O) groups is 1. The van der Waals surface area contributed by atoms with Gasteiger partial charge in [-0.1, -0.05) is 25.1 Å². The maximum absolute atomic E-state index is 11.9. The summed E-state index contributed by atoms with van der Waals surface area (Å²) >= 11 is 0. The summed E-state index contributed by atoms with van der Waals surface area (Å²) in [5.74, 6) is 1.68. The number of benzene rings is 1. The van der Waals surface area contributed by atoms with Crippen LogP contribution in [0.25, 0.3) is 0 Å². The van der Waals surface area contributed by atoms with E-state index in [9.17, 15) is 4.79 Å². The Morgan fingerprint density at radius 2 is 2.11 bits per heavy atom. The van der Waals surface area contributed by atoms with Gasteiger partial charge in [0.05, 0.1) is 6.61 Å². The number of ether oxygens (including phenoxy) is 1. The fourth-order valence-corrected chi connectivity index (χ4v) is 2.80. The van der Waals surface area contributed by atoms with E-state index in [-0.39, 0.29) is 36.4 Å². The van der Waals surface area contributed by atoms with Gasteiger partial charge in [-0.15, -0.1) is 24.0 Å². The van der Waals surface area contributed by atoms with Crippen LogP contribution in [0, 0.1) is 0 Å². The number of hydrogen-bond acceptors (Lipinski definition) is 3. The molecule has 1 N–H and O–H groups in total. The van der Waals surface area contributed by atoms with Gasteiger partial charge in [0.1, 0.15) is 12.3 Å². The van der Waals surface area contributed by atoms with E-state index in [4.69, 9.17) is 4.74 Å². The molecule has 0 bridgehead atoms. The number of hydrogen-bond donors (Lipinski definition) is 1. The van der Waals surface area contributed by atoms with Gasteiger partial charge in [0.25, 0.3) is 0 Å². The van der Waals surface area contributed by atoms with E-state index < -0.39 is 0 Å². The normalized spacial score (nSPS) is 13.3. The molecule has 1 aliphatic rings. The minimum Gasteiger partial charge on any atom is -0.494 e. The Balaban J connectivity index is 0.00000392. The first-order valence-corrected chi connectivity index (χ1v) is 9.53. The van der Waals surface area contributed by atoms with Gasteiger partial charge in [-0.2, -0.15) is 0 Å². The van der Waals surface area contributed by atoms with Crippen LogP contribution in [-0.2, 0) is 17.8 Å². The summed E-state index contributed by atoms with van der Waals surface area (Å²) < 4.78 is 5.75. The molecule has 0 radical (unpaired) electrons. The summed E-state index contributed by atoms with van der Waals surface area (Å²) in [6.07, 6.45) is 1.93. The molecule has 7 heteroatoms. The summed E-state index contributed by atoms with van der Waals surface area (Å²) in [6, 6.07) is 6.32. The molecule has 1 aliphatic heterocycles. The van der Waals surface area contributed by atoms with Crippen LogP contribution in [0.15, 0.2) is 35.3 Å². The van der Waals surface area contributed by atoms with Crippen molar-refractivity contribution in [3.63, 3.8) is 0 Å². The molecule has 1 amide bonds. The number of rotatable bonds is 7. The molecular weight excluding hydrogens is 467 g/mol. The molecule has 1 aromatic rings. The maximum Gasteiger partial charge on any atom is 0.243 e. The Kier molecular flexibility index (Phi) is 10.3. The van der Waals surface area contributed by atoms with Crippen LogP contribution in [0.2, 0.25) is 0 Å². The molecule has 0 spiro atoms. The lowest BCUT2D eigenvalue weighted by Crippen LogP contribution is -2.45. The largest absolute Gasteiger partial charge is 0.494 e. The Hall–Kier alpha value is -1.77. The predicted molar refractivity (Wildman–Crippen MR) is 126 cm³/mol. The second-order valence-electron chi connectivity index (χ2n) is 7.19. The van der Waals surface area contributed by atoms with Gasteiger partial charge in [0, 0.05) is 33.7 Å². The molecular formula is C21H33IN4O2. The minimum absolute atomic E-state index is 0.